The van der Waals surface area contributed by atoms with E-state index in [1.54, 1.807) is 37.1 Å². The minimum absolute atomic E-state index is 0.260. The predicted molar refractivity (Wildman–Crippen MR) is 142 cm³/mol. The quantitative estimate of drug-likeness (QED) is 0.191. The van der Waals surface area contributed by atoms with Crippen LogP contribution in [0.3, 0.4) is 0 Å². The van der Waals surface area contributed by atoms with E-state index in [0.717, 1.165) is 62.3 Å². The van der Waals surface area contributed by atoms with Gasteiger partial charge in [-0.3, -0.25) is 15.1 Å². The zero-order valence-electron chi connectivity index (χ0n) is 19.9. The molecule has 0 bridgehead atoms. The monoisotopic (exact) mass is 514 g/mol. The molecule has 186 valence electrons. The summed E-state index contributed by atoms with van der Waals surface area (Å²) in [6.07, 6.45) is 10.6. The zero-order valence-corrected chi connectivity index (χ0v) is 20.7. The number of aromatic nitrogens is 7. The summed E-state index contributed by atoms with van der Waals surface area (Å²) in [5, 5.41) is 21.3. The number of imidazole rings is 1. The van der Waals surface area contributed by atoms with Gasteiger partial charge in [-0.2, -0.15) is 9.49 Å². The van der Waals surface area contributed by atoms with Gasteiger partial charge in [0.25, 0.3) is 0 Å². The molecule has 0 spiro atoms. The van der Waals surface area contributed by atoms with Gasteiger partial charge in [-0.15, -0.1) is 11.3 Å². The highest BCUT2D eigenvalue weighted by molar-refractivity contribution is 7.14. The number of unbranched alkanes of at least 4 members (excludes halogenated alkanes) is 1. The lowest BCUT2D eigenvalue weighted by Crippen LogP contribution is -2.18. The van der Waals surface area contributed by atoms with Crippen LogP contribution in [0.15, 0.2) is 55.2 Å². The molecular formula is C26H23FN8OS. The molecule has 11 heteroatoms. The summed E-state index contributed by atoms with van der Waals surface area (Å²) in [6, 6.07) is 7.08. The van der Waals surface area contributed by atoms with Gasteiger partial charge in [0.2, 0.25) is 0 Å². The van der Waals surface area contributed by atoms with Gasteiger partial charge in [0, 0.05) is 40.2 Å². The molecule has 0 aliphatic rings. The van der Waals surface area contributed by atoms with Crippen molar-refractivity contribution in [2.24, 2.45) is 0 Å². The summed E-state index contributed by atoms with van der Waals surface area (Å²) >= 11 is 1.05. The summed E-state index contributed by atoms with van der Waals surface area (Å²) in [6.45, 7) is 2.09. The largest absolute Gasteiger partial charge is 0.374 e. The Balaban J connectivity index is 1.36. The Bertz CT molecular complexity index is 1710. The smallest absolute Gasteiger partial charge is 0.176 e. The second kappa shape index (κ2) is 9.68. The molecule has 6 heterocycles. The molecule has 1 atom stereocenters. The first-order chi connectivity index (χ1) is 18.1. The number of fused-ring (bicyclic) bond motifs is 2. The SMILES string of the molecule is CCCCC(O)Nc1cncc(-c2cnc3[nH]nc(-c4nc5c(-c6ccc(F)s6)cncc5[nH]4)c3c2)c1. The van der Waals surface area contributed by atoms with E-state index in [4.69, 9.17) is 4.98 Å². The highest BCUT2D eigenvalue weighted by atomic mass is 32.1. The molecule has 1 unspecified atom stereocenters. The Morgan fingerprint density at radius 2 is 1.95 bits per heavy atom. The number of halogens is 1. The summed E-state index contributed by atoms with van der Waals surface area (Å²) in [4.78, 5) is 22.0. The van der Waals surface area contributed by atoms with Crippen LogP contribution >= 0.6 is 11.3 Å². The summed E-state index contributed by atoms with van der Waals surface area (Å²) in [5.41, 5.74) is 5.84. The molecule has 0 amide bonds. The van der Waals surface area contributed by atoms with Crippen LogP contribution in [-0.4, -0.2) is 46.5 Å². The van der Waals surface area contributed by atoms with Gasteiger partial charge in [-0.1, -0.05) is 13.3 Å². The first-order valence-corrected chi connectivity index (χ1v) is 12.7. The fraction of sp³-hybridized carbons (Fsp3) is 0.192. The third-order valence-electron chi connectivity index (χ3n) is 6.11. The Kier molecular flexibility index (Phi) is 6.07. The molecule has 0 aliphatic heterocycles. The van der Waals surface area contributed by atoms with Crippen molar-refractivity contribution in [1.29, 1.82) is 0 Å². The number of aliphatic hydroxyl groups excluding tert-OH is 1. The van der Waals surface area contributed by atoms with Gasteiger partial charge >= 0.3 is 0 Å². The highest BCUT2D eigenvalue weighted by Gasteiger charge is 2.17. The number of nitrogens with zero attached hydrogens (tertiary/aromatic N) is 5. The number of aromatic amines is 2. The Hall–Kier alpha value is -4.22. The summed E-state index contributed by atoms with van der Waals surface area (Å²) in [5.74, 6) is 0.555. The van der Waals surface area contributed by atoms with Crippen LogP contribution in [0.5, 0.6) is 0 Å². The van der Waals surface area contributed by atoms with E-state index in [2.05, 4.69) is 42.4 Å². The van der Waals surface area contributed by atoms with Crippen molar-refractivity contribution in [3.05, 3.63) is 60.4 Å². The van der Waals surface area contributed by atoms with Crippen LogP contribution in [0.1, 0.15) is 26.2 Å². The Labute approximate surface area is 214 Å². The third-order valence-corrected chi connectivity index (χ3v) is 7.02. The summed E-state index contributed by atoms with van der Waals surface area (Å²) in [7, 11) is 0. The van der Waals surface area contributed by atoms with E-state index in [0.29, 0.717) is 29.1 Å². The van der Waals surface area contributed by atoms with E-state index in [9.17, 15) is 9.50 Å². The molecular weight excluding hydrogens is 491 g/mol. The van der Waals surface area contributed by atoms with Crippen LogP contribution < -0.4 is 5.32 Å². The van der Waals surface area contributed by atoms with E-state index in [1.165, 1.54) is 6.07 Å². The molecule has 6 rings (SSSR count). The molecule has 0 fully saturated rings. The second-order valence-electron chi connectivity index (χ2n) is 8.73. The molecule has 0 saturated carbocycles. The number of thiophene rings is 1. The average molecular weight is 515 g/mol. The summed E-state index contributed by atoms with van der Waals surface area (Å²) < 4.78 is 13.7. The van der Waals surface area contributed by atoms with E-state index < -0.39 is 6.23 Å². The topological polar surface area (TPSA) is 128 Å². The van der Waals surface area contributed by atoms with Crippen molar-refractivity contribution in [3.8, 4) is 33.1 Å². The number of pyridine rings is 3. The van der Waals surface area contributed by atoms with Crippen molar-refractivity contribution < 1.29 is 9.50 Å². The molecule has 0 saturated heterocycles. The Morgan fingerprint density at radius 1 is 1.08 bits per heavy atom. The second-order valence-corrected chi connectivity index (χ2v) is 9.76. The molecule has 6 aromatic heterocycles. The van der Waals surface area contributed by atoms with Gasteiger partial charge in [-0.05, 0) is 37.1 Å². The molecule has 0 radical (unpaired) electrons. The number of nitrogens with one attached hydrogen (secondary N) is 3. The molecule has 6 aromatic rings. The van der Waals surface area contributed by atoms with Gasteiger partial charge in [0.1, 0.15) is 17.4 Å². The van der Waals surface area contributed by atoms with Crippen LogP contribution in [-0.2, 0) is 0 Å². The maximum atomic E-state index is 13.7. The van der Waals surface area contributed by atoms with Crippen LogP contribution in [0, 0.1) is 5.13 Å². The van der Waals surface area contributed by atoms with Crippen LogP contribution in [0.25, 0.3) is 55.2 Å². The average Bonchev–Trinajstić information content (AvgIpc) is 3.64. The maximum Gasteiger partial charge on any atom is 0.176 e. The van der Waals surface area contributed by atoms with Crippen molar-refractivity contribution in [2.45, 2.75) is 32.4 Å². The van der Waals surface area contributed by atoms with Gasteiger partial charge < -0.3 is 15.4 Å². The zero-order chi connectivity index (χ0) is 25.4. The Morgan fingerprint density at radius 3 is 2.78 bits per heavy atom. The minimum atomic E-state index is -0.629. The molecule has 37 heavy (non-hydrogen) atoms. The van der Waals surface area contributed by atoms with Crippen LogP contribution in [0.2, 0.25) is 0 Å². The first-order valence-electron chi connectivity index (χ1n) is 11.9. The fourth-order valence-electron chi connectivity index (χ4n) is 4.27. The highest BCUT2D eigenvalue weighted by Crippen LogP contribution is 2.34. The normalized spacial score (nSPS) is 12.4. The first kappa shape index (κ1) is 23.2. The standard InChI is InChI=1S/C26H23FN8OS/c1-2-3-4-22(36)31-16-7-14(9-28-11-16)15-8-17-24(34-35-25(17)30-10-15)26-32-19-13-29-12-18(23(19)33-26)20-5-6-21(27)37-20/h5-13,22,31,36H,2-4H2,1H3,(H,32,33)(H,30,34,35). The van der Waals surface area contributed by atoms with E-state index in [1.807, 2.05) is 12.1 Å². The maximum absolute atomic E-state index is 13.7. The van der Waals surface area contributed by atoms with Crippen LogP contribution in [0.4, 0.5) is 10.1 Å². The number of H-pyrrole nitrogens is 2. The fourth-order valence-corrected chi connectivity index (χ4v) is 5.01. The number of rotatable bonds is 8. The van der Waals surface area contributed by atoms with Crippen molar-refractivity contribution in [1.82, 2.24) is 35.1 Å². The molecule has 0 aliphatic carbocycles. The lowest BCUT2D eigenvalue weighted by molar-refractivity contribution is 0.190. The lowest BCUT2D eigenvalue weighted by atomic mass is 10.1. The molecule has 9 nitrogen and oxygen atoms in total. The number of hydrogen-bond acceptors (Lipinski definition) is 8. The van der Waals surface area contributed by atoms with Gasteiger partial charge in [-0.25, -0.2) is 9.97 Å². The number of hydrogen-bond donors (Lipinski definition) is 4. The number of aliphatic hydroxyl groups is 1. The van der Waals surface area contributed by atoms with Gasteiger partial charge in [0.05, 0.1) is 29.0 Å². The van der Waals surface area contributed by atoms with Gasteiger partial charge in [0.15, 0.2) is 16.6 Å². The third kappa shape index (κ3) is 4.54. The van der Waals surface area contributed by atoms with Crippen molar-refractivity contribution >= 4 is 39.1 Å². The lowest BCUT2D eigenvalue weighted by Gasteiger charge is -2.14. The molecule has 0 aromatic carbocycles. The predicted octanol–water partition coefficient (Wildman–Crippen LogP) is 5.75. The van der Waals surface area contributed by atoms with Crippen molar-refractivity contribution in [3.63, 3.8) is 0 Å². The number of anilines is 1. The van der Waals surface area contributed by atoms with E-state index in [-0.39, 0.29) is 5.13 Å². The minimum Gasteiger partial charge on any atom is -0.374 e. The van der Waals surface area contributed by atoms with E-state index >= 15 is 0 Å². The van der Waals surface area contributed by atoms with Crippen molar-refractivity contribution in [2.75, 3.05) is 5.32 Å². The molecule has 4 N–H and O–H groups in total.